The number of sulfone groups is 1. The van der Waals surface area contributed by atoms with Crippen molar-refractivity contribution in [1.29, 1.82) is 0 Å². The third-order valence-electron chi connectivity index (χ3n) is 6.78. The number of carbonyl (C=O) groups excluding carboxylic acids is 2. The second kappa shape index (κ2) is 11.6. The lowest BCUT2D eigenvalue weighted by Gasteiger charge is -2.17. The molecule has 0 saturated carbocycles. The van der Waals surface area contributed by atoms with Gasteiger partial charge in [0.15, 0.2) is 0 Å². The van der Waals surface area contributed by atoms with Gasteiger partial charge in [-0.1, -0.05) is 42.5 Å². The molecule has 3 N–H and O–H groups in total. The number of fused-ring (bicyclic) bond motifs is 1. The Morgan fingerprint density at radius 3 is 2.21 bits per heavy atom. The van der Waals surface area contributed by atoms with E-state index in [4.69, 9.17) is 0 Å². The summed E-state index contributed by atoms with van der Waals surface area (Å²) in [6.45, 7) is 0.766. The molecule has 0 saturated heterocycles. The van der Waals surface area contributed by atoms with Gasteiger partial charge >= 0.3 is 0 Å². The first-order valence-corrected chi connectivity index (χ1v) is 14.6. The van der Waals surface area contributed by atoms with Gasteiger partial charge in [0.2, 0.25) is 9.84 Å². The van der Waals surface area contributed by atoms with Crippen molar-refractivity contribution in [3.8, 4) is 0 Å². The number of nitrogens with zero attached hydrogens (tertiary/aromatic N) is 1. The molecule has 214 valence electrons. The van der Waals surface area contributed by atoms with Gasteiger partial charge in [-0.2, -0.15) is 0 Å². The van der Waals surface area contributed by atoms with E-state index in [0.29, 0.717) is 22.5 Å². The number of halogens is 1. The Hall–Kier alpha value is -4.80. The van der Waals surface area contributed by atoms with E-state index in [0.717, 1.165) is 42.1 Å². The Labute approximate surface area is 243 Å². The average Bonchev–Trinajstić information content (AvgIpc) is 3.30. The molecule has 0 aromatic heterocycles. The maximum absolute atomic E-state index is 13.8. The summed E-state index contributed by atoms with van der Waals surface area (Å²) in [6.07, 6.45) is 0. The molecule has 2 amide bonds. The van der Waals surface area contributed by atoms with Crippen molar-refractivity contribution in [2.24, 2.45) is 0 Å². The summed E-state index contributed by atoms with van der Waals surface area (Å²) >= 11 is 0. The van der Waals surface area contributed by atoms with Crippen molar-refractivity contribution in [3.05, 3.63) is 119 Å². The lowest BCUT2D eigenvalue weighted by molar-refractivity contribution is -0.110. The zero-order valence-corrected chi connectivity index (χ0v) is 24.1. The molecule has 0 spiro atoms. The molecule has 8 nitrogen and oxygen atoms in total. The van der Waals surface area contributed by atoms with Gasteiger partial charge in [-0.3, -0.25) is 9.59 Å². The highest BCUT2D eigenvalue weighted by atomic mass is 32.2. The van der Waals surface area contributed by atoms with Crippen molar-refractivity contribution >= 4 is 44.3 Å². The molecular weight excluding hydrogens is 555 g/mol. The average molecular weight is 585 g/mol. The molecule has 0 unspecified atom stereocenters. The van der Waals surface area contributed by atoms with Gasteiger partial charge in [-0.25, -0.2) is 12.8 Å². The fourth-order valence-electron chi connectivity index (χ4n) is 4.81. The van der Waals surface area contributed by atoms with Crippen LogP contribution in [0.5, 0.6) is 0 Å². The summed E-state index contributed by atoms with van der Waals surface area (Å²) in [4.78, 5) is 27.9. The van der Waals surface area contributed by atoms with E-state index < -0.39 is 27.5 Å². The van der Waals surface area contributed by atoms with Crippen molar-refractivity contribution in [1.82, 2.24) is 10.2 Å². The van der Waals surface area contributed by atoms with Gasteiger partial charge in [-0.05, 0) is 73.8 Å². The lowest BCUT2D eigenvalue weighted by atomic mass is 9.98. The van der Waals surface area contributed by atoms with Crippen LogP contribution in [0.4, 0.5) is 15.8 Å². The van der Waals surface area contributed by atoms with Crippen LogP contribution >= 0.6 is 0 Å². The molecule has 4 aromatic carbocycles. The molecule has 0 atom stereocenters. The van der Waals surface area contributed by atoms with Gasteiger partial charge in [0.1, 0.15) is 5.82 Å². The SMILES string of the molecule is CNC(=O)c1cc2c(cc1S(=O)(=O)c1ccc(F)cc1)/C(=C(/Nc1ccc(CN(C)C)cc1)c1ccccc1)C(=O)N2. The Balaban J connectivity index is 1.71. The lowest BCUT2D eigenvalue weighted by Crippen LogP contribution is -2.21. The normalized spacial score (nSPS) is 13.9. The van der Waals surface area contributed by atoms with E-state index in [1.54, 1.807) is 0 Å². The van der Waals surface area contributed by atoms with Crippen LogP contribution in [0.1, 0.15) is 27.0 Å². The van der Waals surface area contributed by atoms with Gasteiger partial charge in [0.05, 0.1) is 32.3 Å². The van der Waals surface area contributed by atoms with Crippen LogP contribution in [0.25, 0.3) is 11.3 Å². The van der Waals surface area contributed by atoms with Crippen molar-refractivity contribution in [2.45, 2.75) is 16.3 Å². The summed E-state index contributed by atoms with van der Waals surface area (Å²) in [5, 5.41) is 8.62. The van der Waals surface area contributed by atoms with Crippen LogP contribution < -0.4 is 16.0 Å². The highest BCUT2D eigenvalue weighted by Crippen LogP contribution is 2.41. The predicted octanol–water partition coefficient (Wildman–Crippen LogP) is 5.01. The van der Waals surface area contributed by atoms with Crippen molar-refractivity contribution in [2.75, 3.05) is 31.8 Å². The smallest absolute Gasteiger partial charge is 0.258 e. The molecule has 0 radical (unpaired) electrons. The van der Waals surface area contributed by atoms with Gasteiger partial charge in [0, 0.05) is 24.8 Å². The number of nitrogens with one attached hydrogen (secondary N) is 3. The van der Waals surface area contributed by atoms with Crippen LogP contribution in [0, 0.1) is 5.82 Å². The summed E-state index contributed by atoms with van der Waals surface area (Å²) in [6, 6.07) is 24.1. The largest absolute Gasteiger partial charge is 0.355 e. The number of amides is 2. The minimum atomic E-state index is -4.28. The maximum atomic E-state index is 13.8. The zero-order valence-electron chi connectivity index (χ0n) is 23.2. The number of hydrogen-bond donors (Lipinski definition) is 3. The van der Waals surface area contributed by atoms with Crippen LogP contribution in [0.2, 0.25) is 0 Å². The molecular formula is C32H29FN4O4S. The maximum Gasteiger partial charge on any atom is 0.258 e. The molecule has 0 aliphatic carbocycles. The Bertz CT molecular complexity index is 1800. The van der Waals surface area contributed by atoms with Gasteiger partial charge < -0.3 is 20.9 Å². The molecule has 1 aliphatic heterocycles. The molecule has 10 heteroatoms. The molecule has 1 heterocycles. The van der Waals surface area contributed by atoms with E-state index in [-0.39, 0.29) is 20.9 Å². The van der Waals surface area contributed by atoms with Crippen molar-refractivity contribution < 1.29 is 22.4 Å². The fraction of sp³-hybridized carbons (Fsp3) is 0.125. The molecule has 0 bridgehead atoms. The first-order valence-electron chi connectivity index (χ1n) is 13.1. The topological polar surface area (TPSA) is 108 Å². The standard InChI is InChI=1S/C32H29FN4O4S/c1-34-31(38)26-17-27-25(18-28(26)42(40,41)24-15-11-22(33)12-16-24)29(32(39)36-27)30(21-7-5-4-6-8-21)35-23-13-9-20(10-14-23)19-37(2)3/h4-18,35H,19H2,1-3H3,(H,34,38)(H,36,39)/b30-29-. The minimum Gasteiger partial charge on any atom is -0.355 e. The highest BCUT2D eigenvalue weighted by molar-refractivity contribution is 7.91. The number of anilines is 2. The molecule has 0 fully saturated rings. The monoisotopic (exact) mass is 584 g/mol. The summed E-state index contributed by atoms with van der Waals surface area (Å²) < 4.78 is 41.1. The number of rotatable bonds is 8. The summed E-state index contributed by atoms with van der Waals surface area (Å²) in [5.74, 6) is -1.70. The first-order chi connectivity index (χ1) is 20.1. The Morgan fingerprint density at radius 2 is 1.60 bits per heavy atom. The van der Waals surface area contributed by atoms with Crippen LogP contribution in [-0.4, -0.2) is 46.3 Å². The van der Waals surface area contributed by atoms with Crippen LogP contribution in [0.15, 0.2) is 101 Å². The molecule has 42 heavy (non-hydrogen) atoms. The van der Waals surface area contributed by atoms with E-state index in [9.17, 15) is 22.4 Å². The fourth-order valence-corrected chi connectivity index (χ4v) is 6.27. The van der Waals surface area contributed by atoms with E-state index in [2.05, 4.69) is 20.9 Å². The zero-order chi connectivity index (χ0) is 30.0. The molecule has 4 aromatic rings. The summed E-state index contributed by atoms with van der Waals surface area (Å²) in [5.41, 5.74) is 3.68. The van der Waals surface area contributed by atoms with E-state index in [1.807, 2.05) is 68.7 Å². The van der Waals surface area contributed by atoms with Crippen LogP contribution in [0.3, 0.4) is 0 Å². The highest BCUT2D eigenvalue weighted by Gasteiger charge is 2.34. The van der Waals surface area contributed by atoms with E-state index >= 15 is 0 Å². The minimum absolute atomic E-state index is 0.146. The second-order valence-corrected chi connectivity index (χ2v) is 12.0. The Morgan fingerprint density at radius 1 is 0.929 bits per heavy atom. The number of carbonyl (C=O) groups is 2. The van der Waals surface area contributed by atoms with Gasteiger partial charge in [0.25, 0.3) is 11.8 Å². The molecule has 1 aliphatic rings. The number of benzene rings is 4. The van der Waals surface area contributed by atoms with Crippen LogP contribution in [-0.2, 0) is 21.2 Å². The number of hydrogen-bond acceptors (Lipinski definition) is 6. The van der Waals surface area contributed by atoms with E-state index in [1.165, 1.54) is 19.2 Å². The predicted molar refractivity (Wildman–Crippen MR) is 161 cm³/mol. The van der Waals surface area contributed by atoms with Gasteiger partial charge in [-0.15, -0.1) is 0 Å². The molecule has 5 rings (SSSR count). The third kappa shape index (κ3) is 5.67. The third-order valence-corrected chi connectivity index (χ3v) is 8.59. The Kier molecular flexibility index (Phi) is 7.93. The second-order valence-electron chi connectivity index (χ2n) is 10.1. The summed E-state index contributed by atoms with van der Waals surface area (Å²) in [7, 11) is 1.08. The van der Waals surface area contributed by atoms with Crippen molar-refractivity contribution in [3.63, 3.8) is 0 Å². The first kappa shape index (κ1) is 28.7. The quantitative estimate of drug-likeness (QED) is 0.199.